The Hall–Kier alpha value is -1.47. The lowest BCUT2D eigenvalue weighted by Gasteiger charge is -2.30. The molecule has 0 N–H and O–H groups in total. The van der Waals surface area contributed by atoms with E-state index in [1.165, 1.54) is 0 Å². The van der Waals surface area contributed by atoms with Crippen molar-refractivity contribution >= 4 is 5.91 Å². The molecule has 7 nitrogen and oxygen atoms in total. The number of aromatic nitrogens is 2. The van der Waals surface area contributed by atoms with E-state index >= 15 is 0 Å². The minimum atomic E-state index is 0.154. The second-order valence-corrected chi connectivity index (χ2v) is 7.47. The summed E-state index contributed by atoms with van der Waals surface area (Å²) in [6, 6.07) is 0.684. The van der Waals surface area contributed by atoms with Gasteiger partial charge in [-0.2, -0.15) is 4.98 Å². The number of likely N-dealkylation sites (tertiary alicyclic amines) is 1. The summed E-state index contributed by atoms with van der Waals surface area (Å²) in [5.41, 5.74) is 0. The van der Waals surface area contributed by atoms with Crippen LogP contribution in [0.5, 0.6) is 0 Å². The highest BCUT2D eigenvalue weighted by Gasteiger charge is 2.38. The van der Waals surface area contributed by atoms with E-state index in [0.29, 0.717) is 12.0 Å². The fraction of sp³-hybridized carbons (Fsp3) is 0.833. The van der Waals surface area contributed by atoms with E-state index < -0.39 is 0 Å². The van der Waals surface area contributed by atoms with Gasteiger partial charge >= 0.3 is 0 Å². The van der Waals surface area contributed by atoms with E-state index in [2.05, 4.69) is 33.8 Å². The molecule has 0 aromatic carbocycles. The SMILES string of the molecule is CCc1noc([C@H](C)N2C[C@H](C)[C@@H](N3CCCN(C(C)=O)CC3)C2)n1. The van der Waals surface area contributed by atoms with Crippen molar-refractivity contribution in [3.63, 3.8) is 0 Å². The van der Waals surface area contributed by atoms with Crippen molar-refractivity contribution in [2.75, 3.05) is 39.3 Å². The van der Waals surface area contributed by atoms with Gasteiger partial charge in [0.25, 0.3) is 0 Å². The number of hydrogen-bond acceptors (Lipinski definition) is 6. The molecule has 3 heterocycles. The normalized spacial score (nSPS) is 27.4. The fourth-order valence-electron chi connectivity index (χ4n) is 4.10. The molecule has 0 saturated carbocycles. The maximum absolute atomic E-state index is 11.6. The van der Waals surface area contributed by atoms with E-state index in [9.17, 15) is 4.79 Å². The van der Waals surface area contributed by atoms with Crippen LogP contribution in [0.3, 0.4) is 0 Å². The summed E-state index contributed by atoms with van der Waals surface area (Å²) in [6.45, 7) is 14.0. The quantitative estimate of drug-likeness (QED) is 0.822. The van der Waals surface area contributed by atoms with Gasteiger partial charge in [0.2, 0.25) is 11.8 Å². The van der Waals surface area contributed by atoms with Crippen LogP contribution in [0.4, 0.5) is 0 Å². The molecule has 3 atom stereocenters. The van der Waals surface area contributed by atoms with Gasteiger partial charge in [0.15, 0.2) is 5.82 Å². The van der Waals surface area contributed by atoms with Crippen LogP contribution in [0.25, 0.3) is 0 Å². The summed E-state index contributed by atoms with van der Waals surface area (Å²) in [5.74, 6) is 2.30. The van der Waals surface area contributed by atoms with Crippen LogP contribution in [-0.2, 0) is 11.2 Å². The predicted octanol–water partition coefficient (Wildman–Crippen LogP) is 1.57. The van der Waals surface area contributed by atoms with Crippen LogP contribution in [0, 0.1) is 5.92 Å². The second-order valence-electron chi connectivity index (χ2n) is 7.47. The molecule has 1 aromatic rings. The minimum absolute atomic E-state index is 0.154. The Balaban J connectivity index is 1.61. The van der Waals surface area contributed by atoms with Crippen molar-refractivity contribution < 1.29 is 9.32 Å². The highest BCUT2D eigenvalue weighted by atomic mass is 16.5. The molecule has 1 amide bonds. The predicted molar refractivity (Wildman–Crippen MR) is 95.1 cm³/mol. The third kappa shape index (κ3) is 4.03. The summed E-state index contributed by atoms with van der Waals surface area (Å²) in [5, 5.41) is 4.03. The number of carbonyl (C=O) groups excluding carboxylic acids is 1. The van der Waals surface area contributed by atoms with Gasteiger partial charge in [-0.05, 0) is 19.3 Å². The van der Waals surface area contributed by atoms with Gasteiger partial charge in [-0.15, -0.1) is 0 Å². The van der Waals surface area contributed by atoms with Crippen molar-refractivity contribution in [1.82, 2.24) is 24.8 Å². The van der Waals surface area contributed by atoms with Gasteiger partial charge in [-0.25, -0.2) is 0 Å². The monoisotopic (exact) mass is 349 g/mol. The van der Waals surface area contributed by atoms with Crippen molar-refractivity contribution in [1.29, 1.82) is 0 Å². The highest BCUT2D eigenvalue weighted by molar-refractivity contribution is 5.73. The van der Waals surface area contributed by atoms with Crippen LogP contribution < -0.4 is 0 Å². The first kappa shape index (κ1) is 18.3. The lowest BCUT2D eigenvalue weighted by molar-refractivity contribution is -0.128. The summed E-state index contributed by atoms with van der Waals surface area (Å²) >= 11 is 0. The number of rotatable bonds is 4. The molecule has 140 valence electrons. The third-order valence-electron chi connectivity index (χ3n) is 5.75. The molecular formula is C18H31N5O2. The zero-order valence-corrected chi connectivity index (χ0v) is 15.9. The first-order chi connectivity index (χ1) is 12.0. The number of amides is 1. The fourth-order valence-corrected chi connectivity index (χ4v) is 4.10. The molecule has 1 aromatic heterocycles. The van der Waals surface area contributed by atoms with Gasteiger partial charge in [0.05, 0.1) is 6.04 Å². The van der Waals surface area contributed by atoms with Crippen molar-refractivity contribution in [2.24, 2.45) is 5.92 Å². The maximum atomic E-state index is 11.6. The Kier molecular flexibility index (Phi) is 5.74. The Morgan fingerprint density at radius 1 is 1.28 bits per heavy atom. The molecule has 7 heteroatoms. The van der Waals surface area contributed by atoms with Crippen molar-refractivity contribution in [2.45, 2.75) is 52.6 Å². The molecular weight excluding hydrogens is 318 g/mol. The lowest BCUT2D eigenvalue weighted by Crippen LogP contribution is -2.43. The van der Waals surface area contributed by atoms with Gasteiger partial charge in [0.1, 0.15) is 0 Å². The Bertz CT molecular complexity index is 590. The summed E-state index contributed by atoms with van der Waals surface area (Å²) < 4.78 is 5.45. The summed E-state index contributed by atoms with van der Waals surface area (Å²) in [6.07, 6.45) is 1.86. The van der Waals surface area contributed by atoms with E-state index in [1.807, 2.05) is 11.8 Å². The van der Waals surface area contributed by atoms with E-state index in [0.717, 1.165) is 63.8 Å². The molecule has 0 radical (unpaired) electrons. The van der Waals surface area contributed by atoms with Crippen LogP contribution in [0.15, 0.2) is 4.52 Å². The molecule has 0 bridgehead atoms. The topological polar surface area (TPSA) is 65.7 Å². The first-order valence-corrected chi connectivity index (χ1v) is 9.55. The van der Waals surface area contributed by atoms with Crippen LogP contribution >= 0.6 is 0 Å². The molecule has 3 rings (SSSR count). The van der Waals surface area contributed by atoms with Gasteiger partial charge in [-0.1, -0.05) is 19.0 Å². The number of nitrogens with zero attached hydrogens (tertiary/aromatic N) is 5. The summed E-state index contributed by atoms with van der Waals surface area (Å²) in [4.78, 5) is 23.2. The zero-order valence-electron chi connectivity index (χ0n) is 15.9. The summed E-state index contributed by atoms with van der Waals surface area (Å²) in [7, 11) is 0. The third-order valence-corrected chi connectivity index (χ3v) is 5.75. The van der Waals surface area contributed by atoms with Gasteiger partial charge < -0.3 is 9.42 Å². The molecule has 2 fully saturated rings. The Labute approximate surface area is 150 Å². The average Bonchev–Trinajstić information content (AvgIpc) is 3.14. The van der Waals surface area contributed by atoms with Crippen molar-refractivity contribution in [3.05, 3.63) is 11.7 Å². The smallest absolute Gasteiger partial charge is 0.243 e. The Morgan fingerprint density at radius 2 is 2.08 bits per heavy atom. The average molecular weight is 349 g/mol. The number of aryl methyl sites for hydroxylation is 1. The first-order valence-electron chi connectivity index (χ1n) is 9.55. The maximum Gasteiger partial charge on any atom is 0.243 e. The minimum Gasteiger partial charge on any atom is -0.342 e. The van der Waals surface area contributed by atoms with Crippen molar-refractivity contribution in [3.8, 4) is 0 Å². The van der Waals surface area contributed by atoms with Crippen LogP contribution in [0.2, 0.25) is 0 Å². The standard InChI is InChI=1S/C18H31N5O2/c1-5-17-19-18(25-20-17)14(3)23-11-13(2)16(12-23)22-8-6-7-21(9-10-22)15(4)24/h13-14,16H,5-12H2,1-4H3/t13-,14-,16-/m0/s1. The van der Waals surface area contributed by atoms with Gasteiger partial charge in [0, 0.05) is 58.7 Å². The molecule has 2 aliphatic rings. The molecule has 2 aliphatic heterocycles. The van der Waals surface area contributed by atoms with Crippen LogP contribution in [-0.4, -0.2) is 76.1 Å². The highest BCUT2D eigenvalue weighted by Crippen LogP contribution is 2.29. The largest absolute Gasteiger partial charge is 0.342 e. The van der Waals surface area contributed by atoms with Crippen LogP contribution in [0.1, 0.15) is 51.9 Å². The molecule has 25 heavy (non-hydrogen) atoms. The van der Waals surface area contributed by atoms with E-state index in [-0.39, 0.29) is 11.9 Å². The van der Waals surface area contributed by atoms with Gasteiger partial charge in [-0.3, -0.25) is 14.6 Å². The molecule has 0 aliphatic carbocycles. The Morgan fingerprint density at radius 3 is 2.76 bits per heavy atom. The van der Waals surface area contributed by atoms with E-state index in [1.54, 1.807) is 6.92 Å². The van der Waals surface area contributed by atoms with E-state index in [4.69, 9.17) is 4.52 Å². The second kappa shape index (κ2) is 7.83. The lowest BCUT2D eigenvalue weighted by atomic mass is 10.0. The number of hydrogen-bond donors (Lipinski definition) is 0. The molecule has 2 saturated heterocycles. The molecule has 0 unspecified atom stereocenters. The zero-order chi connectivity index (χ0) is 18.0. The molecule has 0 spiro atoms. The number of carbonyl (C=O) groups is 1.